The zero-order valence-corrected chi connectivity index (χ0v) is 17.0. The molecule has 0 aliphatic carbocycles. The minimum atomic E-state index is -0.135. The predicted molar refractivity (Wildman–Crippen MR) is 109 cm³/mol. The quantitative estimate of drug-likeness (QED) is 0.479. The molecule has 0 aliphatic heterocycles. The summed E-state index contributed by atoms with van der Waals surface area (Å²) >= 11 is 3.03. The average molecular weight is 398 g/mol. The fourth-order valence-electron chi connectivity index (χ4n) is 2.83. The van der Waals surface area contributed by atoms with Crippen molar-refractivity contribution in [2.24, 2.45) is 0 Å². The third kappa shape index (κ3) is 3.42. The van der Waals surface area contributed by atoms with Crippen LogP contribution in [-0.2, 0) is 12.2 Å². The Morgan fingerprint density at radius 2 is 2.11 bits per heavy atom. The molecule has 0 unspecified atom stereocenters. The molecule has 1 aromatic carbocycles. The highest BCUT2D eigenvalue weighted by Crippen LogP contribution is 2.26. The third-order valence-corrected chi connectivity index (χ3v) is 6.49. The van der Waals surface area contributed by atoms with Crippen LogP contribution in [0.1, 0.15) is 28.8 Å². The maximum absolute atomic E-state index is 12.3. The molecule has 8 heteroatoms. The number of aromatic nitrogens is 5. The monoisotopic (exact) mass is 397 g/mol. The molecule has 0 atom stereocenters. The Kier molecular flexibility index (Phi) is 4.84. The molecular weight excluding hydrogens is 378 g/mol. The second kappa shape index (κ2) is 7.28. The van der Waals surface area contributed by atoms with Gasteiger partial charge in [0.25, 0.3) is 5.56 Å². The molecule has 138 valence electrons. The molecule has 0 bridgehead atoms. The SMILES string of the molecule is CCc1nn2c(=O)cc(CSc3nccn3-c3cccc(C)c3C)nc2s1. The number of rotatable bonds is 5. The summed E-state index contributed by atoms with van der Waals surface area (Å²) in [6, 6.07) is 7.81. The summed E-state index contributed by atoms with van der Waals surface area (Å²) in [4.78, 5) is 22.0. The van der Waals surface area contributed by atoms with Crippen molar-refractivity contribution < 1.29 is 0 Å². The summed E-state index contributed by atoms with van der Waals surface area (Å²) in [6.07, 6.45) is 4.56. The van der Waals surface area contributed by atoms with E-state index in [1.165, 1.54) is 27.0 Å². The highest BCUT2D eigenvalue weighted by molar-refractivity contribution is 7.98. The second-order valence-corrected chi connectivity index (χ2v) is 8.20. The number of nitrogens with zero attached hydrogens (tertiary/aromatic N) is 5. The smallest absolute Gasteiger partial charge is 0.275 e. The highest BCUT2D eigenvalue weighted by atomic mass is 32.2. The van der Waals surface area contributed by atoms with Crippen LogP contribution < -0.4 is 5.56 Å². The van der Waals surface area contributed by atoms with Crippen molar-refractivity contribution in [3.05, 3.63) is 68.8 Å². The second-order valence-electron chi connectivity index (χ2n) is 6.22. The number of benzene rings is 1. The molecule has 3 heterocycles. The van der Waals surface area contributed by atoms with E-state index in [4.69, 9.17) is 0 Å². The molecule has 0 aliphatic rings. The van der Waals surface area contributed by atoms with Crippen LogP contribution >= 0.6 is 23.1 Å². The van der Waals surface area contributed by atoms with Gasteiger partial charge in [-0.3, -0.25) is 9.36 Å². The van der Waals surface area contributed by atoms with Gasteiger partial charge in [0.15, 0.2) is 5.16 Å². The number of fused-ring (bicyclic) bond motifs is 1. The van der Waals surface area contributed by atoms with E-state index < -0.39 is 0 Å². The summed E-state index contributed by atoms with van der Waals surface area (Å²) in [5, 5.41) is 6.08. The molecule has 0 amide bonds. The molecule has 0 saturated heterocycles. The summed E-state index contributed by atoms with van der Waals surface area (Å²) < 4.78 is 3.47. The molecule has 27 heavy (non-hydrogen) atoms. The number of thioether (sulfide) groups is 1. The number of hydrogen-bond acceptors (Lipinski definition) is 6. The van der Waals surface area contributed by atoms with Gasteiger partial charge in [0.2, 0.25) is 4.96 Å². The summed E-state index contributed by atoms with van der Waals surface area (Å²) in [5.41, 5.74) is 4.20. The van der Waals surface area contributed by atoms with Crippen LogP contribution in [0.25, 0.3) is 10.6 Å². The van der Waals surface area contributed by atoms with E-state index in [1.807, 2.05) is 13.1 Å². The van der Waals surface area contributed by atoms with Gasteiger partial charge in [0.05, 0.1) is 11.4 Å². The summed E-state index contributed by atoms with van der Waals surface area (Å²) in [6.45, 7) is 6.24. The molecule has 0 saturated carbocycles. The zero-order valence-electron chi connectivity index (χ0n) is 15.3. The van der Waals surface area contributed by atoms with Crippen LogP contribution in [0.3, 0.4) is 0 Å². The van der Waals surface area contributed by atoms with Gasteiger partial charge in [0, 0.05) is 24.2 Å². The van der Waals surface area contributed by atoms with E-state index in [1.54, 1.807) is 24.0 Å². The highest BCUT2D eigenvalue weighted by Gasteiger charge is 2.12. The summed E-state index contributed by atoms with van der Waals surface area (Å²) in [7, 11) is 0. The topological polar surface area (TPSA) is 65.1 Å². The first kappa shape index (κ1) is 17.9. The number of aryl methyl sites for hydroxylation is 2. The first-order chi connectivity index (χ1) is 13.1. The molecule has 0 radical (unpaired) electrons. The Morgan fingerprint density at radius 3 is 2.93 bits per heavy atom. The molecular formula is C19H19N5OS2. The Balaban J connectivity index is 1.62. The van der Waals surface area contributed by atoms with E-state index in [2.05, 4.69) is 51.7 Å². The van der Waals surface area contributed by atoms with E-state index in [9.17, 15) is 4.79 Å². The van der Waals surface area contributed by atoms with Crippen molar-refractivity contribution in [2.75, 3.05) is 0 Å². The maximum atomic E-state index is 12.3. The molecule has 0 N–H and O–H groups in total. The lowest BCUT2D eigenvalue weighted by Gasteiger charge is -2.12. The van der Waals surface area contributed by atoms with E-state index in [0.717, 1.165) is 28.0 Å². The van der Waals surface area contributed by atoms with Gasteiger partial charge in [-0.1, -0.05) is 42.2 Å². The number of imidazole rings is 1. The normalized spacial score (nSPS) is 11.4. The van der Waals surface area contributed by atoms with Crippen LogP contribution in [0.4, 0.5) is 0 Å². The minimum Gasteiger partial charge on any atom is -0.295 e. The zero-order chi connectivity index (χ0) is 19.0. The average Bonchev–Trinajstić information content (AvgIpc) is 3.29. The van der Waals surface area contributed by atoms with Gasteiger partial charge in [-0.05, 0) is 37.5 Å². The fraction of sp³-hybridized carbons (Fsp3) is 0.263. The van der Waals surface area contributed by atoms with Crippen molar-refractivity contribution >= 4 is 28.1 Å². The van der Waals surface area contributed by atoms with Gasteiger partial charge in [-0.2, -0.15) is 9.61 Å². The minimum absolute atomic E-state index is 0.135. The fourth-order valence-corrected chi connectivity index (χ4v) is 4.54. The van der Waals surface area contributed by atoms with Gasteiger partial charge in [-0.25, -0.2) is 9.97 Å². The lowest BCUT2D eigenvalue weighted by Crippen LogP contribution is -2.15. The standard InChI is InChI=1S/C19H19N5OS2/c1-4-16-22-24-17(25)10-14(21-19(24)27-16)11-26-18-20-8-9-23(18)15-7-5-6-12(2)13(15)3/h5-10H,4,11H2,1-3H3. The van der Waals surface area contributed by atoms with Gasteiger partial charge in [0.1, 0.15) is 5.01 Å². The first-order valence-corrected chi connectivity index (χ1v) is 10.5. The first-order valence-electron chi connectivity index (χ1n) is 8.68. The van der Waals surface area contributed by atoms with Crippen LogP contribution in [0.15, 0.2) is 46.6 Å². The van der Waals surface area contributed by atoms with Gasteiger partial charge in [-0.15, -0.1) is 0 Å². The van der Waals surface area contributed by atoms with Gasteiger partial charge >= 0.3 is 0 Å². The van der Waals surface area contributed by atoms with Crippen molar-refractivity contribution in [1.29, 1.82) is 0 Å². The van der Waals surface area contributed by atoms with Crippen LogP contribution in [0, 0.1) is 13.8 Å². The van der Waals surface area contributed by atoms with E-state index in [-0.39, 0.29) is 5.56 Å². The molecule has 3 aromatic heterocycles. The van der Waals surface area contributed by atoms with Crippen molar-refractivity contribution in [2.45, 2.75) is 38.1 Å². The molecule has 6 nitrogen and oxygen atoms in total. The van der Waals surface area contributed by atoms with E-state index >= 15 is 0 Å². The Labute approximate surface area is 164 Å². The van der Waals surface area contributed by atoms with Crippen LogP contribution in [0.2, 0.25) is 0 Å². The predicted octanol–water partition coefficient (Wildman–Crippen LogP) is 3.81. The van der Waals surface area contributed by atoms with E-state index in [0.29, 0.717) is 10.7 Å². The van der Waals surface area contributed by atoms with Crippen LogP contribution in [-0.4, -0.2) is 24.1 Å². The Bertz CT molecular complexity index is 1170. The van der Waals surface area contributed by atoms with Crippen molar-refractivity contribution in [3.8, 4) is 5.69 Å². The summed E-state index contributed by atoms with van der Waals surface area (Å²) in [5.74, 6) is 0.576. The largest absolute Gasteiger partial charge is 0.295 e. The third-order valence-electron chi connectivity index (χ3n) is 4.43. The Morgan fingerprint density at radius 1 is 1.26 bits per heavy atom. The van der Waals surface area contributed by atoms with Gasteiger partial charge < -0.3 is 0 Å². The number of hydrogen-bond donors (Lipinski definition) is 0. The molecule has 4 rings (SSSR count). The molecule has 4 aromatic rings. The van der Waals surface area contributed by atoms with Crippen molar-refractivity contribution in [3.63, 3.8) is 0 Å². The molecule has 0 fully saturated rings. The lowest BCUT2D eigenvalue weighted by molar-refractivity contribution is 0.851. The maximum Gasteiger partial charge on any atom is 0.275 e. The van der Waals surface area contributed by atoms with Crippen LogP contribution in [0.5, 0.6) is 0 Å². The Hall–Kier alpha value is -2.45. The van der Waals surface area contributed by atoms with Crippen molar-refractivity contribution in [1.82, 2.24) is 24.1 Å². The lowest BCUT2D eigenvalue weighted by atomic mass is 10.1. The molecule has 0 spiro atoms.